The minimum absolute atomic E-state index is 0.110. The van der Waals surface area contributed by atoms with E-state index in [0.717, 1.165) is 19.1 Å². The molecule has 1 saturated heterocycles. The molecule has 3 rings (SSSR count). The molecule has 1 N–H and O–H groups in total. The Labute approximate surface area is 162 Å². The van der Waals surface area contributed by atoms with Crippen LogP contribution in [0.15, 0.2) is 22.6 Å². The van der Waals surface area contributed by atoms with Gasteiger partial charge in [-0.3, -0.25) is 10.1 Å². The third-order valence-electron chi connectivity index (χ3n) is 4.44. The number of amides is 1. The molecular weight excluding hydrogens is 388 g/mol. The zero-order valence-electron chi connectivity index (χ0n) is 15.8. The van der Waals surface area contributed by atoms with Gasteiger partial charge < -0.3 is 13.9 Å². The molecule has 0 aliphatic carbocycles. The first-order valence-electron chi connectivity index (χ1n) is 8.66. The van der Waals surface area contributed by atoms with Crippen molar-refractivity contribution in [3.63, 3.8) is 0 Å². The second-order valence-corrected chi connectivity index (χ2v) is 8.32. The maximum atomic E-state index is 12.6. The van der Waals surface area contributed by atoms with Crippen molar-refractivity contribution in [1.29, 1.82) is 0 Å². The fourth-order valence-corrected chi connectivity index (χ4v) is 4.20. The van der Waals surface area contributed by atoms with E-state index in [2.05, 4.69) is 15.5 Å². The zero-order valence-corrected chi connectivity index (χ0v) is 16.7. The summed E-state index contributed by atoms with van der Waals surface area (Å²) >= 11 is 0. The number of piperidine rings is 1. The second-order valence-electron chi connectivity index (χ2n) is 6.39. The lowest BCUT2D eigenvalue weighted by Crippen LogP contribution is -2.49. The third kappa shape index (κ3) is 4.42. The first kappa shape index (κ1) is 20.1. The van der Waals surface area contributed by atoms with Crippen LogP contribution in [-0.4, -0.2) is 61.9 Å². The molecule has 1 fully saturated rings. The van der Waals surface area contributed by atoms with Crippen LogP contribution < -0.4 is 14.8 Å². The number of hydrogen-bond acceptors (Lipinski definition) is 8. The van der Waals surface area contributed by atoms with Gasteiger partial charge in [0.25, 0.3) is 0 Å². The lowest BCUT2D eigenvalue weighted by Gasteiger charge is -2.32. The Bertz CT molecular complexity index is 936. The predicted octanol–water partition coefficient (Wildman–Crippen LogP) is 1.51. The summed E-state index contributed by atoms with van der Waals surface area (Å²) in [5.41, 5.74) is 0.555. The average molecular weight is 410 g/mol. The van der Waals surface area contributed by atoms with Gasteiger partial charge in [-0.15, -0.1) is 5.10 Å². The van der Waals surface area contributed by atoms with Crippen LogP contribution >= 0.6 is 0 Å². The molecule has 1 atom stereocenters. The molecule has 0 saturated carbocycles. The molecule has 152 valence electrons. The van der Waals surface area contributed by atoms with Gasteiger partial charge >= 0.3 is 6.01 Å². The molecule has 2 heterocycles. The first-order valence-corrected chi connectivity index (χ1v) is 10.5. The minimum Gasteiger partial charge on any atom is -0.497 e. The first-order chi connectivity index (χ1) is 13.3. The lowest BCUT2D eigenvalue weighted by atomic mass is 10.0. The Hall–Kier alpha value is -2.66. The minimum atomic E-state index is -3.49. The molecule has 0 spiro atoms. The standard InChI is InChI=1S/C17H22N4O6S/c1-25-12-8-11(9-13(10-12)26-2)16-19-20-17(27-16)18-15(22)14-6-4-5-7-21(14)28(3,23)24/h8-10,14H,4-7H2,1-3H3,(H,18,20,22). The molecule has 1 aliphatic rings. The second kappa shape index (κ2) is 8.15. The van der Waals surface area contributed by atoms with Crippen molar-refractivity contribution in [2.75, 3.05) is 32.3 Å². The lowest BCUT2D eigenvalue weighted by molar-refractivity contribution is -0.120. The molecule has 2 aromatic rings. The van der Waals surface area contributed by atoms with Crippen LogP contribution in [0, 0.1) is 0 Å². The van der Waals surface area contributed by atoms with Gasteiger partial charge in [0.2, 0.25) is 21.8 Å². The number of benzene rings is 1. The smallest absolute Gasteiger partial charge is 0.322 e. The number of sulfonamides is 1. The Kier molecular flexibility index (Phi) is 5.84. The molecule has 28 heavy (non-hydrogen) atoms. The van der Waals surface area contributed by atoms with Gasteiger partial charge in [-0.1, -0.05) is 11.5 Å². The van der Waals surface area contributed by atoms with Crippen molar-refractivity contribution in [3.8, 4) is 23.0 Å². The monoisotopic (exact) mass is 410 g/mol. The van der Waals surface area contributed by atoms with Crippen LogP contribution in [0.4, 0.5) is 6.01 Å². The van der Waals surface area contributed by atoms with E-state index in [4.69, 9.17) is 13.9 Å². The third-order valence-corrected chi connectivity index (χ3v) is 5.72. The van der Waals surface area contributed by atoms with Gasteiger partial charge in [-0.25, -0.2) is 8.42 Å². The molecule has 1 aromatic carbocycles. The highest BCUT2D eigenvalue weighted by atomic mass is 32.2. The average Bonchev–Trinajstić information content (AvgIpc) is 3.15. The topological polar surface area (TPSA) is 124 Å². The highest BCUT2D eigenvalue weighted by Gasteiger charge is 2.35. The molecule has 1 amide bonds. The number of methoxy groups -OCH3 is 2. The number of carbonyl (C=O) groups excluding carboxylic acids is 1. The van der Waals surface area contributed by atoms with Gasteiger partial charge in [-0.2, -0.15) is 4.31 Å². The van der Waals surface area contributed by atoms with E-state index in [1.54, 1.807) is 18.2 Å². The van der Waals surface area contributed by atoms with Crippen molar-refractivity contribution in [2.45, 2.75) is 25.3 Å². The van der Waals surface area contributed by atoms with E-state index < -0.39 is 22.0 Å². The van der Waals surface area contributed by atoms with Gasteiger partial charge in [0.05, 0.1) is 20.5 Å². The van der Waals surface area contributed by atoms with Crippen molar-refractivity contribution in [2.24, 2.45) is 0 Å². The number of carbonyl (C=O) groups is 1. The quantitative estimate of drug-likeness (QED) is 0.760. The summed E-state index contributed by atoms with van der Waals surface area (Å²) < 4.78 is 41.0. The SMILES string of the molecule is COc1cc(OC)cc(-c2nnc(NC(=O)C3CCCCN3S(C)(=O)=O)o2)c1. The van der Waals surface area contributed by atoms with E-state index in [0.29, 0.717) is 30.0 Å². The zero-order chi connectivity index (χ0) is 20.3. The van der Waals surface area contributed by atoms with Crippen molar-refractivity contribution >= 4 is 21.9 Å². The number of rotatable bonds is 6. The van der Waals surface area contributed by atoms with Gasteiger partial charge in [-0.05, 0) is 25.0 Å². The van der Waals surface area contributed by atoms with Crippen LogP contribution in [0.5, 0.6) is 11.5 Å². The van der Waals surface area contributed by atoms with E-state index in [1.807, 2.05) is 0 Å². The summed E-state index contributed by atoms with van der Waals surface area (Å²) in [7, 11) is -0.440. The summed E-state index contributed by atoms with van der Waals surface area (Å²) in [6.07, 6.45) is 3.02. The van der Waals surface area contributed by atoms with Crippen molar-refractivity contribution in [1.82, 2.24) is 14.5 Å². The molecular formula is C17H22N4O6S. The normalized spacial score (nSPS) is 17.9. The van der Waals surface area contributed by atoms with E-state index in [9.17, 15) is 13.2 Å². The molecule has 0 bridgehead atoms. The van der Waals surface area contributed by atoms with E-state index in [-0.39, 0.29) is 11.9 Å². The maximum Gasteiger partial charge on any atom is 0.322 e. The van der Waals surface area contributed by atoms with Crippen LogP contribution in [0.3, 0.4) is 0 Å². The number of ether oxygens (including phenoxy) is 2. The highest BCUT2D eigenvalue weighted by molar-refractivity contribution is 7.88. The van der Waals surface area contributed by atoms with E-state index >= 15 is 0 Å². The Morgan fingerprint density at radius 3 is 2.46 bits per heavy atom. The fraction of sp³-hybridized carbons (Fsp3) is 0.471. The molecule has 10 nitrogen and oxygen atoms in total. The molecule has 1 aliphatic heterocycles. The Morgan fingerprint density at radius 2 is 1.86 bits per heavy atom. The van der Waals surface area contributed by atoms with Crippen LogP contribution in [0.25, 0.3) is 11.5 Å². The van der Waals surface area contributed by atoms with Crippen LogP contribution in [-0.2, 0) is 14.8 Å². The van der Waals surface area contributed by atoms with Gasteiger partial charge in [0.1, 0.15) is 17.5 Å². The number of nitrogens with zero attached hydrogens (tertiary/aromatic N) is 3. The highest BCUT2D eigenvalue weighted by Crippen LogP contribution is 2.30. The summed E-state index contributed by atoms with van der Waals surface area (Å²) in [5.74, 6) is 0.757. The van der Waals surface area contributed by atoms with Crippen molar-refractivity contribution in [3.05, 3.63) is 18.2 Å². The maximum absolute atomic E-state index is 12.6. The summed E-state index contributed by atoms with van der Waals surface area (Å²) in [6.45, 7) is 0.315. The number of aromatic nitrogens is 2. The largest absolute Gasteiger partial charge is 0.497 e. The Morgan fingerprint density at radius 1 is 1.18 bits per heavy atom. The Balaban J connectivity index is 1.78. The molecule has 0 radical (unpaired) electrons. The molecule has 1 aromatic heterocycles. The van der Waals surface area contributed by atoms with Crippen molar-refractivity contribution < 1.29 is 27.1 Å². The van der Waals surface area contributed by atoms with E-state index in [1.165, 1.54) is 18.5 Å². The summed E-state index contributed by atoms with van der Waals surface area (Å²) in [6, 6.07) is 4.17. The number of hydrogen-bond donors (Lipinski definition) is 1. The predicted molar refractivity (Wildman–Crippen MR) is 101 cm³/mol. The molecule has 1 unspecified atom stereocenters. The van der Waals surface area contributed by atoms with Crippen LogP contribution in [0.1, 0.15) is 19.3 Å². The number of anilines is 1. The summed E-state index contributed by atoms with van der Waals surface area (Å²) in [4.78, 5) is 12.6. The van der Waals surface area contributed by atoms with Gasteiger partial charge in [0.15, 0.2) is 0 Å². The molecule has 11 heteroatoms. The summed E-state index contributed by atoms with van der Waals surface area (Å²) in [5, 5.41) is 10.3. The van der Waals surface area contributed by atoms with Crippen LogP contribution in [0.2, 0.25) is 0 Å². The number of nitrogens with one attached hydrogen (secondary N) is 1. The fourth-order valence-electron chi connectivity index (χ4n) is 3.07. The van der Waals surface area contributed by atoms with Gasteiger partial charge in [0, 0.05) is 18.2 Å².